The van der Waals surface area contributed by atoms with Gasteiger partial charge in [-0.3, -0.25) is 4.79 Å². The average Bonchev–Trinajstić information content (AvgIpc) is 2.86. The Balaban J connectivity index is 0.000000322. The van der Waals surface area contributed by atoms with Crippen LogP contribution in [0.15, 0.2) is 35.2 Å². The second kappa shape index (κ2) is 16.8. The molecule has 2 aliphatic rings. The van der Waals surface area contributed by atoms with Crippen molar-refractivity contribution in [3.8, 4) is 0 Å². The first-order chi connectivity index (χ1) is 16.0. The van der Waals surface area contributed by atoms with Crippen LogP contribution in [0.2, 0.25) is 0 Å². The largest absolute Gasteiger partial charge is 0.381 e. The van der Waals surface area contributed by atoms with Gasteiger partial charge in [-0.2, -0.15) is 11.8 Å². The summed E-state index contributed by atoms with van der Waals surface area (Å²) in [5.41, 5.74) is 6.10. The minimum atomic E-state index is -0.574. The van der Waals surface area contributed by atoms with Gasteiger partial charge in [-0.1, -0.05) is 0 Å². The topological polar surface area (TPSA) is 92.9 Å². The molecule has 0 spiro atoms. The number of thioether (sulfide) groups is 2. The van der Waals surface area contributed by atoms with Crippen LogP contribution < -0.4 is 10.6 Å². The van der Waals surface area contributed by atoms with Gasteiger partial charge in [0.25, 0.3) is 0 Å². The van der Waals surface area contributed by atoms with Crippen molar-refractivity contribution < 1.29 is 19.1 Å². The van der Waals surface area contributed by atoms with Crippen molar-refractivity contribution in [1.82, 2.24) is 4.90 Å². The number of likely N-dealkylation sites (N-methyl/N-ethyl adjacent to an activating group) is 1. The SMILES string of the molecule is C=O.CSCCSc1ccc(N2CCN(C)CC2)cc1.NC(=O)C1(CC=C=O)CCOCC1. The van der Waals surface area contributed by atoms with Crippen molar-refractivity contribution in [3.63, 3.8) is 0 Å². The number of hydrogen-bond donors (Lipinski definition) is 1. The number of carbonyl (C=O) groups excluding carboxylic acids is 3. The third-order valence-corrected chi connectivity index (χ3v) is 7.69. The summed E-state index contributed by atoms with van der Waals surface area (Å²) in [7, 11) is 2.20. The van der Waals surface area contributed by atoms with E-state index in [-0.39, 0.29) is 5.91 Å². The second-order valence-electron chi connectivity index (χ2n) is 7.91. The molecule has 1 aromatic rings. The van der Waals surface area contributed by atoms with E-state index in [1.165, 1.54) is 41.3 Å². The lowest BCUT2D eigenvalue weighted by molar-refractivity contribution is -0.132. The lowest BCUT2D eigenvalue weighted by Crippen LogP contribution is -2.44. The minimum Gasteiger partial charge on any atom is -0.381 e. The highest BCUT2D eigenvalue weighted by atomic mass is 32.2. The smallest absolute Gasteiger partial charge is 0.224 e. The Morgan fingerprint density at radius 2 is 1.76 bits per heavy atom. The number of carbonyl (C=O) groups is 2. The van der Waals surface area contributed by atoms with Gasteiger partial charge < -0.3 is 25.1 Å². The quantitative estimate of drug-likeness (QED) is 0.334. The molecule has 2 N–H and O–H groups in total. The maximum atomic E-state index is 11.2. The Morgan fingerprint density at radius 3 is 2.27 bits per heavy atom. The number of primary amides is 1. The van der Waals surface area contributed by atoms with E-state index in [0.717, 1.165) is 13.1 Å². The fourth-order valence-electron chi connectivity index (χ4n) is 3.61. The lowest BCUT2D eigenvalue weighted by Gasteiger charge is -2.34. The highest BCUT2D eigenvalue weighted by molar-refractivity contribution is 8.02. The number of amides is 1. The first-order valence-corrected chi connectivity index (χ1v) is 13.4. The van der Waals surface area contributed by atoms with Crippen LogP contribution in [0.4, 0.5) is 5.69 Å². The molecule has 0 unspecified atom stereocenters. The Hall–Kier alpha value is -1.77. The van der Waals surface area contributed by atoms with Crippen LogP contribution in [0, 0.1) is 5.41 Å². The molecule has 3 rings (SSSR count). The van der Waals surface area contributed by atoms with Gasteiger partial charge in [0.2, 0.25) is 5.91 Å². The zero-order valence-corrected chi connectivity index (χ0v) is 21.4. The zero-order valence-electron chi connectivity index (χ0n) is 19.8. The number of benzene rings is 1. The second-order valence-corrected chi connectivity index (χ2v) is 10.1. The number of ether oxygens (including phenoxy) is 1. The van der Waals surface area contributed by atoms with Gasteiger partial charge in [-0.25, -0.2) is 4.79 Å². The van der Waals surface area contributed by atoms with Crippen molar-refractivity contribution in [1.29, 1.82) is 0 Å². The van der Waals surface area contributed by atoms with E-state index in [1.54, 1.807) is 5.94 Å². The molecule has 0 aromatic heterocycles. The third-order valence-electron chi connectivity index (χ3n) is 5.81. The molecule has 2 saturated heterocycles. The molecule has 9 heteroatoms. The fourth-order valence-corrected chi connectivity index (χ4v) is 5.18. The number of rotatable bonds is 8. The normalized spacial score (nSPS) is 17.5. The molecule has 0 aliphatic carbocycles. The highest BCUT2D eigenvalue weighted by Gasteiger charge is 2.37. The summed E-state index contributed by atoms with van der Waals surface area (Å²) < 4.78 is 5.13. The maximum absolute atomic E-state index is 11.2. The summed E-state index contributed by atoms with van der Waals surface area (Å²) in [5, 5.41) is 0. The predicted octanol–water partition coefficient (Wildman–Crippen LogP) is 2.76. The van der Waals surface area contributed by atoms with Crippen molar-refractivity contribution in [2.45, 2.75) is 24.2 Å². The molecule has 2 aliphatic heterocycles. The first-order valence-electron chi connectivity index (χ1n) is 11.0. The van der Waals surface area contributed by atoms with E-state index in [9.17, 15) is 9.59 Å². The summed E-state index contributed by atoms with van der Waals surface area (Å²) in [6.45, 7) is 7.71. The molecular weight excluding hydrogens is 458 g/mol. The van der Waals surface area contributed by atoms with Gasteiger partial charge in [0.05, 0.1) is 5.41 Å². The van der Waals surface area contributed by atoms with E-state index in [0.29, 0.717) is 32.5 Å². The molecule has 0 atom stereocenters. The molecule has 0 bridgehead atoms. The molecule has 0 radical (unpaired) electrons. The van der Waals surface area contributed by atoms with Crippen molar-refractivity contribution >= 4 is 47.8 Å². The van der Waals surface area contributed by atoms with Gasteiger partial charge in [-0.15, -0.1) is 11.8 Å². The number of nitrogens with two attached hydrogens (primary N) is 1. The molecule has 0 saturated carbocycles. The monoisotopic (exact) mass is 495 g/mol. The summed E-state index contributed by atoms with van der Waals surface area (Å²) in [6.07, 6.45) is 5.07. The van der Waals surface area contributed by atoms with Gasteiger partial charge in [0.15, 0.2) is 0 Å². The lowest BCUT2D eigenvalue weighted by atomic mass is 9.77. The molecule has 1 aromatic carbocycles. The number of nitrogens with zero attached hydrogens (tertiary/aromatic N) is 2. The Morgan fingerprint density at radius 1 is 1.15 bits per heavy atom. The number of allylic oxidation sites excluding steroid dienone is 1. The predicted molar refractivity (Wildman–Crippen MR) is 139 cm³/mol. The van der Waals surface area contributed by atoms with E-state index < -0.39 is 5.41 Å². The van der Waals surface area contributed by atoms with Gasteiger partial charge in [0.1, 0.15) is 12.7 Å². The van der Waals surface area contributed by atoms with Crippen LogP contribution in [0.1, 0.15) is 19.3 Å². The highest BCUT2D eigenvalue weighted by Crippen LogP contribution is 2.33. The van der Waals surface area contributed by atoms with Crippen LogP contribution >= 0.6 is 23.5 Å². The van der Waals surface area contributed by atoms with Crippen LogP contribution in [-0.2, 0) is 19.1 Å². The molecule has 7 nitrogen and oxygen atoms in total. The molecular formula is C24H37N3O4S2. The number of anilines is 1. The van der Waals surface area contributed by atoms with Crippen LogP contribution in [-0.4, -0.2) is 87.7 Å². The Bertz CT molecular complexity index is 728. The van der Waals surface area contributed by atoms with E-state index in [1.807, 2.05) is 30.3 Å². The van der Waals surface area contributed by atoms with Crippen molar-refractivity contribution in [2.75, 3.05) is 69.1 Å². The van der Waals surface area contributed by atoms with Gasteiger partial charge in [-0.05, 0) is 56.8 Å². The number of piperazine rings is 1. The standard InChI is InChI=1S/C14H22N2S2.C9H13NO3.CH2O/c1-15-7-9-16(10-8-15)13-3-5-14(6-4-13)18-12-11-17-2;10-8(12)9(2-1-5-11)3-6-13-7-4-9;1-2/h3-6H,7-12H2,1-2H3;1H,2-4,6-7H2,(H2,10,12);1H2. The molecule has 2 heterocycles. The van der Waals surface area contributed by atoms with Crippen molar-refractivity contribution in [2.24, 2.45) is 11.1 Å². The molecule has 33 heavy (non-hydrogen) atoms. The number of hydrogen-bond acceptors (Lipinski definition) is 8. The van der Waals surface area contributed by atoms with E-state index >= 15 is 0 Å². The Labute approximate surface area is 206 Å². The minimum absolute atomic E-state index is 0.345. The Kier molecular flexibility index (Phi) is 14.9. The van der Waals surface area contributed by atoms with Crippen molar-refractivity contribution in [3.05, 3.63) is 30.3 Å². The zero-order chi connectivity index (χ0) is 24.5. The summed E-state index contributed by atoms with van der Waals surface area (Å²) in [5.74, 6) is 3.76. The summed E-state index contributed by atoms with van der Waals surface area (Å²) >= 11 is 3.87. The van der Waals surface area contributed by atoms with Crippen LogP contribution in [0.25, 0.3) is 0 Å². The molecule has 184 valence electrons. The van der Waals surface area contributed by atoms with Gasteiger partial charge >= 0.3 is 0 Å². The first kappa shape index (κ1) is 29.3. The summed E-state index contributed by atoms with van der Waals surface area (Å²) in [4.78, 5) is 35.5. The van der Waals surface area contributed by atoms with E-state index in [4.69, 9.17) is 15.3 Å². The third kappa shape index (κ3) is 10.4. The molecule has 1 amide bonds. The molecule has 2 fully saturated rings. The maximum Gasteiger partial charge on any atom is 0.224 e. The average molecular weight is 496 g/mol. The van der Waals surface area contributed by atoms with Crippen LogP contribution in [0.3, 0.4) is 0 Å². The van der Waals surface area contributed by atoms with Crippen LogP contribution in [0.5, 0.6) is 0 Å². The van der Waals surface area contributed by atoms with E-state index in [2.05, 4.69) is 47.4 Å². The van der Waals surface area contributed by atoms with Gasteiger partial charge in [0, 0.05) is 67.6 Å². The fraction of sp³-hybridized carbons (Fsp3) is 0.583. The summed E-state index contributed by atoms with van der Waals surface area (Å²) in [6, 6.07) is 9.07.